The molecule has 1 nitrogen and oxygen atoms in total. The Hall–Kier alpha value is -2.87. The molecule has 192 valence electrons. The molecule has 8 heteroatoms. The average molecular weight is 510 g/mol. The Morgan fingerprint density at radius 2 is 1.50 bits per heavy atom. The van der Waals surface area contributed by atoms with Gasteiger partial charge in [-0.2, -0.15) is 8.78 Å². The van der Waals surface area contributed by atoms with E-state index < -0.39 is 46.9 Å². The van der Waals surface area contributed by atoms with Crippen LogP contribution in [0, 0.1) is 29.1 Å². The van der Waals surface area contributed by atoms with Gasteiger partial charge >= 0.3 is 6.11 Å². The number of benzene rings is 3. The summed E-state index contributed by atoms with van der Waals surface area (Å²) in [6, 6.07) is 8.55. The standard InChI is InChI=1S/C28H25F7O/c1-2-3-17-6-11-22(27(33)26(17)32)16-4-9-20(10-5-16)36-28(34,35)19-8-12-21(24(30)15-19)18-7-13-23(29)25(31)14-18/h6-8,11-16,20H,2-5,9-10H2,1H3. The quantitative estimate of drug-likeness (QED) is 0.289. The number of hydrogen-bond donors (Lipinski definition) is 0. The van der Waals surface area contributed by atoms with Gasteiger partial charge in [-0.15, -0.1) is 0 Å². The smallest absolute Gasteiger partial charge is 0.313 e. The van der Waals surface area contributed by atoms with Gasteiger partial charge in [-0.3, -0.25) is 0 Å². The van der Waals surface area contributed by atoms with E-state index >= 15 is 0 Å². The summed E-state index contributed by atoms with van der Waals surface area (Å²) >= 11 is 0. The molecule has 1 fully saturated rings. The van der Waals surface area contributed by atoms with Gasteiger partial charge in [0.15, 0.2) is 23.3 Å². The monoisotopic (exact) mass is 510 g/mol. The number of rotatable bonds is 7. The number of alkyl halides is 2. The summed E-state index contributed by atoms with van der Waals surface area (Å²) in [4.78, 5) is 0. The van der Waals surface area contributed by atoms with Gasteiger partial charge in [-0.1, -0.05) is 37.6 Å². The second kappa shape index (κ2) is 10.6. The Kier molecular flexibility index (Phi) is 7.73. The van der Waals surface area contributed by atoms with Crippen molar-refractivity contribution in [2.45, 2.75) is 63.6 Å². The van der Waals surface area contributed by atoms with Crippen LogP contribution in [0.5, 0.6) is 0 Å². The molecule has 0 heterocycles. The molecule has 0 N–H and O–H groups in total. The van der Waals surface area contributed by atoms with E-state index in [1.807, 2.05) is 6.92 Å². The summed E-state index contributed by atoms with van der Waals surface area (Å²) < 4.78 is 105. The van der Waals surface area contributed by atoms with Gasteiger partial charge in [-0.25, -0.2) is 22.0 Å². The number of hydrogen-bond acceptors (Lipinski definition) is 1. The summed E-state index contributed by atoms with van der Waals surface area (Å²) in [7, 11) is 0. The van der Waals surface area contributed by atoms with E-state index in [9.17, 15) is 30.7 Å². The number of halogens is 7. The molecule has 0 amide bonds. The molecule has 0 aromatic heterocycles. The third kappa shape index (κ3) is 5.43. The minimum atomic E-state index is -3.80. The first-order valence-electron chi connectivity index (χ1n) is 11.9. The lowest BCUT2D eigenvalue weighted by Gasteiger charge is -2.31. The van der Waals surface area contributed by atoms with Crippen molar-refractivity contribution in [3.63, 3.8) is 0 Å². The highest BCUT2D eigenvalue weighted by molar-refractivity contribution is 5.64. The van der Waals surface area contributed by atoms with E-state index in [1.54, 1.807) is 12.1 Å². The Morgan fingerprint density at radius 1 is 0.778 bits per heavy atom. The normalized spacial score (nSPS) is 18.4. The highest BCUT2D eigenvalue weighted by Crippen LogP contribution is 2.41. The molecule has 0 atom stereocenters. The predicted molar refractivity (Wildman–Crippen MR) is 122 cm³/mol. The van der Waals surface area contributed by atoms with Crippen molar-refractivity contribution < 1.29 is 35.5 Å². The van der Waals surface area contributed by atoms with Gasteiger partial charge in [0.05, 0.1) is 11.7 Å². The van der Waals surface area contributed by atoms with Crippen LogP contribution in [-0.4, -0.2) is 6.10 Å². The minimum Gasteiger partial charge on any atom is -0.313 e. The Labute approximate surface area is 204 Å². The van der Waals surface area contributed by atoms with E-state index in [0.717, 1.165) is 30.3 Å². The molecule has 1 aliphatic rings. The average Bonchev–Trinajstić information content (AvgIpc) is 2.84. The van der Waals surface area contributed by atoms with Crippen LogP contribution in [0.1, 0.15) is 61.6 Å². The maximum Gasteiger partial charge on any atom is 0.383 e. The highest BCUT2D eigenvalue weighted by Gasteiger charge is 2.38. The third-order valence-corrected chi connectivity index (χ3v) is 6.68. The molecule has 3 aromatic rings. The van der Waals surface area contributed by atoms with Crippen LogP contribution in [0.25, 0.3) is 11.1 Å². The van der Waals surface area contributed by atoms with E-state index in [2.05, 4.69) is 0 Å². The number of aryl methyl sites for hydroxylation is 1. The third-order valence-electron chi connectivity index (χ3n) is 6.68. The van der Waals surface area contributed by atoms with E-state index in [0.29, 0.717) is 37.3 Å². The molecular weight excluding hydrogens is 485 g/mol. The first-order valence-corrected chi connectivity index (χ1v) is 11.9. The van der Waals surface area contributed by atoms with Gasteiger partial charge in [0, 0.05) is 5.56 Å². The van der Waals surface area contributed by atoms with Gasteiger partial charge < -0.3 is 4.74 Å². The molecule has 0 spiro atoms. The lowest BCUT2D eigenvalue weighted by molar-refractivity contribution is -0.277. The summed E-state index contributed by atoms with van der Waals surface area (Å²) in [5.74, 6) is -5.36. The molecule has 1 aliphatic carbocycles. The van der Waals surface area contributed by atoms with Crippen LogP contribution in [-0.2, 0) is 17.3 Å². The summed E-state index contributed by atoms with van der Waals surface area (Å²) in [6.45, 7) is 1.87. The second-order valence-corrected chi connectivity index (χ2v) is 9.12. The fourth-order valence-electron chi connectivity index (χ4n) is 4.75. The molecule has 0 radical (unpaired) electrons. The molecule has 0 bridgehead atoms. The van der Waals surface area contributed by atoms with Crippen molar-refractivity contribution in [1.82, 2.24) is 0 Å². The van der Waals surface area contributed by atoms with Crippen LogP contribution in [0.4, 0.5) is 30.7 Å². The van der Waals surface area contributed by atoms with Gasteiger partial charge in [0.1, 0.15) is 5.82 Å². The van der Waals surface area contributed by atoms with E-state index in [-0.39, 0.29) is 35.4 Å². The van der Waals surface area contributed by atoms with Crippen LogP contribution in [0.15, 0.2) is 48.5 Å². The maximum absolute atomic E-state index is 14.8. The van der Waals surface area contributed by atoms with Gasteiger partial charge in [-0.05, 0) is 79.0 Å². The zero-order valence-corrected chi connectivity index (χ0v) is 19.6. The topological polar surface area (TPSA) is 9.23 Å². The van der Waals surface area contributed by atoms with Crippen molar-refractivity contribution in [3.05, 3.63) is 94.3 Å². The summed E-state index contributed by atoms with van der Waals surface area (Å²) in [5.41, 5.74) is -0.307. The lowest BCUT2D eigenvalue weighted by Crippen LogP contribution is -2.29. The fraction of sp³-hybridized carbons (Fsp3) is 0.357. The molecule has 1 saturated carbocycles. The maximum atomic E-state index is 14.8. The molecular formula is C28H25F7O. The van der Waals surface area contributed by atoms with Crippen molar-refractivity contribution in [3.8, 4) is 11.1 Å². The van der Waals surface area contributed by atoms with E-state index in [1.165, 1.54) is 0 Å². The molecule has 3 aromatic carbocycles. The Bertz CT molecular complexity index is 1230. The molecule has 0 saturated heterocycles. The first-order chi connectivity index (χ1) is 17.1. The van der Waals surface area contributed by atoms with Crippen molar-refractivity contribution >= 4 is 0 Å². The van der Waals surface area contributed by atoms with Crippen LogP contribution >= 0.6 is 0 Å². The van der Waals surface area contributed by atoms with Crippen LogP contribution in [0.3, 0.4) is 0 Å². The number of ether oxygens (including phenoxy) is 1. The zero-order chi connectivity index (χ0) is 26.0. The fourth-order valence-corrected chi connectivity index (χ4v) is 4.75. The minimum absolute atomic E-state index is 0.00639. The van der Waals surface area contributed by atoms with Crippen molar-refractivity contribution in [2.24, 2.45) is 0 Å². The largest absolute Gasteiger partial charge is 0.383 e. The predicted octanol–water partition coefficient (Wildman–Crippen LogP) is 8.79. The summed E-state index contributed by atoms with van der Waals surface area (Å²) in [6.07, 6.45) is -2.45. The molecule has 4 rings (SSSR count). The van der Waals surface area contributed by atoms with Gasteiger partial charge in [0.25, 0.3) is 0 Å². The van der Waals surface area contributed by atoms with Crippen molar-refractivity contribution in [2.75, 3.05) is 0 Å². The molecule has 36 heavy (non-hydrogen) atoms. The zero-order valence-electron chi connectivity index (χ0n) is 19.6. The SMILES string of the molecule is CCCc1ccc(C2CCC(OC(F)(F)c3ccc(-c4ccc(F)c(F)c4)c(F)c3)CC2)c(F)c1F. The Balaban J connectivity index is 1.42. The molecule has 0 aliphatic heterocycles. The van der Waals surface area contributed by atoms with Gasteiger partial charge in [0.2, 0.25) is 0 Å². The Morgan fingerprint density at radius 3 is 2.14 bits per heavy atom. The van der Waals surface area contributed by atoms with Crippen molar-refractivity contribution in [1.29, 1.82) is 0 Å². The summed E-state index contributed by atoms with van der Waals surface area (Å²) in [5, 5.41) is 0. The van der Waals surface area contributed by atoms with Crippen LogP contribution in [0.2, 0.25) is 0 Å². The molecule has 0 unspecified atom stereocenters. The second-order valence-electron chi connectivity index (χ2n) is 9.12. The lowest BCUT2D eigenvalue weighted by atomic mass is 9.82. The van der Waals surface area contributed by atoms with E-state index in [4.69, 9.17) is 4.74 Å². The first kappa shape index (κ1) is 26.2. The van der Waals surface area contributed by atoms with Crippen LogP contribution < -0.4 is 0 Å². The highest BCUT2D eigenvalue weighted by atomic mass is 19.3.